The van der Waals surface area contributed by atoms with Crippen molar-refractivity contribution in [1.82, 2.24) is 4.98 Å². The van der Waals surface area contributed by atoms with E-state index >= 15 is 0 Å². The maximum absolute atomic E-state index is 10.7. The van der Waals surface area contributed by atoms with Crippen LogP contribution < -0.4 is 4.90 Å². The van der Waals surface area contributed by atoms with Crippen LogP contribution in [0.15, 0.2) is 168 Å². The summed E-state index contributed by atoms with van der Waals surface area (Å²) in [6.07, 6.45) is 5.69. The van der Waals surface area contributed by atoms with Crippen LogP contribution in [0.2, 0.25) is 0 Å². The van der Waals surface area contributed by atoms with Crippen molar-refractivity contribution in [2.45, 2.75) is 47.3 Å². The second-order valence-electron chi connectivity index (χ2n) is 14.0. The third-order valence-electron chi connectivity index (χ3n) is 11.1. The second-order valence-corrected chi connectivity index (χ2v) is 15.1. The summed E-state index contributed by atoms with van der Waals surface area (Å²) in [6, 6.07) is 59.7. The highest BCUT2D eigenvalue weighted by atomic mass is 32.2. The van der Waals surface area contributed by atoms with Gasteiger partial charge in [-0.05, 0) is 65.9 Å². The summed E-state index contributed by atoms with van der Waals surface area (Å²) in [4.78, 5) is 9.89. The molecule has 6 aromatic carbocycles. The van der Waals surface area contributed by atoms with Gasteiger partial charge in [0.15, 0.2) is 0 Å². The van der Waals surface area contributed by atoms with Crippen LogP contribution >= 0.6 is 11.8 Å². The monoisotopic (exact) mass is 712 g/mol. The highest BCUT2D eigenvalue weighted by Gasteiger charge is 2.36. The summed E-state index contributed by atoms with van der Waals surface area (Å²) in [5, 5.41) is 21.3. The summed E-state index contributed by atoms with van der Waals surface area (Å²) >= 11 is 1.83. The van der Waals surface area contributed by atoms with Gasteiger partial charge < -0.3 is 4.90 Å². The number of aromatic nitrogens is 1. The van der Waals surface area contributed by atoms with E-state index in [4.69, 9.17) is 4.98 Å². The molecule has 0 bridgehead atoms. The maximum Gasteiger partial charge on any atom is 0.102 e. The lowest BCUT2D eigenvalue weighted by Crippen LogP contribution is -2.30. The fourth-order valence-electron chi connectivity index (χ4n) is 8.47. The van der Waals surface area contributed by atoms with Gasteiger partial charge in [0.05, 0.1) is 33.9 Å². The van der Waals surface area contributed by atoms with Gasteiger partial charge in [0.1, 0.15) is 12.1 Å². The number of pyridine rings is 1. The first kappa shape index (κ1) is 33.4. The number of rotatable bonds is 6. The van der Waals surface area contributed by atoms with Crippen molar-refractivity contribution in [3.05, 3.63) is 180 Å². The molecule has 0 unspecified atom stereocenters. The van der Waals surface area contributed by atoms with Crippen LogP contribution in [0.3, 0.4) is 0 Å². The van der Waals surface area contributed by atoms with Gasteiger partial charge in [-0.15, -0.1) is 0 Å². The molecule has 0 atom stereocenters. The molecule has 0 N–H and O–H groups in total. The van der Waals surface area contributed by atoms with E-state index in [1.165, 1.54) is 38.7 Å². The predicted octanol–water partition coefficient (Wildman–Crippen LogP) is 13.0. The minimum atomic E-state index is -0.137. The Kier molecular flexibility index (Phi) is 8.79. The molecule has 9 rings (SSSR count). The van der Waals surface area contributed by atoms with Crippen molar-refractivity contribution in [2.24, 2.45) is 0 Å². The Labute approximate surface area is 321 Å². The quantitative estimate of drug-likeness (QED) is 0.172. The molecular formula is C49H36N4S. The number of para-hydroxylation sites is 2. The van der Waals surface area contributed by atoms with E-state index in [-0.39, 0.29) is 5.41 Å². The molecule has 0 amide bonds. The van der Waals surface area contributed by atoms with Gasteiger partial charge in [0, 0.05) is 37.6 Å². The smallest absolute Gasteiger partial charge is 0.102 e. The number of anilines is 3. The highest BCUT2D eigenvalue weighted by molar-refractivity contribution is 7.99. The average Bonchev–Trinajstić information content (AvgIpc) is 3.25. The van der Waals surface area contributed by atoms with E-state index in [9.17, 15) is 10.5 Å². The van der Waals surface area contributed by atoms with Crippen molar-refractivity contribution < 1.29 is 0 Å². The van der Waals surface area contributed by atoms with Crippen molar-refractivity contribution in [1.29, 1.82) is 10.5 Å². The van der Waals surface area contributed by atoms with Gasteiger partial charge in [0.25, 0.3) is 0 Å². The number of hydrogen-bond donors (Lipinski definition) is 0. The van der Waals surface area contributed by atoms with Crippen LogP contribution in [0.5, 0.6) is 0 Å². The van der Waals surface area contributed by atoms with E-state index in [2.05, 4.69) is 114 Å². The lowest BCUT2D eigenvalue weighted by Gasteiger charge is -2.39. The summed E-state index contributed by atoms with van der Waals surface area (Å²) in [6.45, 7) is 0. The molecule has 0 saturated heterocycles. The Morgan fingerprint density at radius 2 is 0.963 bits per heavy atom. The molecule has 4 nitrogen and oxygen atoms in total. The Hall–Kier alpha value is -6.40. The third kappa shape index (κ3) is 5.75. The van der Waals surface area contributed by atoms with Crippen LogP contribution in [0, 0.1) is 22.7 Å². The molecule has 2 heterocycles. The van der Waals surface area contributed by atoms with Gasteiger partial charge >= 0.3 is 0 Å². The second kappa shape index (κ2) is 14.2. The first-order chi connectivity index (χ1) is 26.7. The molecule has 258 valence electrons. The summed E-state index contributed by atoms with van der Waals surface area (Å²) < 4.78 is 0. The molecule has 1 aliphatic heterocycles. The Morgan fingerprint density at radius 3 is 1.46 bits per heavy atom. The van der Waals surface area contributed by atoms with E-state index in [1.807, 2.05) is 72.4 Å². The molecule has 7 aromatic rings. The summed E-state index contributed by atoms with van der Waals surface area (Å²) in [7, 11) is 0. The molecule has 0 radical (unpaired) electrons. The SMILES string of the molecule is N#Cc1c(-c2ccccc2)nc(-c2ccccc2)c(C#N)c1-c1ccc(C2(c3ccc(N4c5ccccc5Sc5ccccc54)cc3)CCCCC2)cc1. The summed E-state index contributed by atoms with van der Waals surface area (Å²) in [5.41, 5.74) is 11.1. The van der Waals surface area contributed by atoms with Gasteiger partial charge in [-0.1, -0.05) is 152 Å². The number of hydrogen-bond acceptors (Lipinski definition) is 5. The van der Waals surface area contributed by atoms with Crippen LogP contribution in [-0.2, 0) is 5.41 Å². The number of benzene rings is 6. The van der Waals surface area contributed by atoms with Gasteiger partial charge in [-0.2, -0.15) is 10.5 Å². The summed E-state index contributed by atoms with van der Waals surface area (Å²) in [5.74, 6) is 0. The number of fused-ring (bicyclic) bond motifs is 2. The van der Waals surface area contributed by atoms with Gasteiger partial charge in [-0.3, -0.25) is 0 Å². The molecular weight excluding hydrogens is 677 g/mol. The topological polar surface area (TPSA) is 63.7 Å². The molecule has 2 aliphatic rings. The van der Waals surface area contributed by atoms with E-state index in [0.717, 1.165) is 48.1 Å². The van der Waals surface area contributed by atoms with Crippen molar-refractivity contribution in [3.63, 3.8) is 0 Å². The van der Waals surface area contributed by atoms with Crippen molar-refractivity contribution in [2.75, 3.05) is 4.90 Å². The fraction of sp³-hybridized carbons (Fsp3) is 0.122. The Morgan fingerprint density at radius 1 is 0.500 bits per heavy atom. The zero-order valence-corrected chi connectivity index (χ0v) is 30.6. The Bertz CT molecular complexity index is 2440. The van der Waals surface area contributed by atoms with Crippen LogP contribution in [-0.4, -0.2) is 4.98 Å². The van der Waals surface area contributed by atoms with Crippen molar-refractivity contribution >= 4 is 28.8 Å². The largest absolute Gasteiger partial charge is 0.308 e. The highest BCUT2D eigenvalue weighted by Crippen LogP contribution is 2.52. The predicted molar refractivity (Wildman–Crippen MR) is 219 cm³/mol. The first-order valence-corrected chi connectivity index (χ1v) is 19.4. The molecule has 5 heteroatoms. The molecule has 1 saturated carbocycles. The Balaban J connectivity index is 1.14. The lowest BCUT2D eigenvalue weighted by atomic mass is 9.65. The fourth-order valence-corrected chi connectivity index (χ4v) is 9.53. The van der Waals surface area contributed by atoms with Gasteiger partial charge in [-0.25, -0.2) is 4.98 Å². The molecule has 1 aromatic heterocycles. The van der Waals surface area contributed by atoms with E-state index in [1.54, 1.807) is 0 Å². The minimum Gasteiger partial charge on any atom is -0.308 e. The van der Waals surface area contributed by atoms with E-state index in [0.29, 0.717) is 28.1 Å². The molecule has 1 aliphatic carbocycles. The van der Waals surface area contributed by atoms with Crippen molar-refractivity contribution in [3.8, 4) is 45.8 Å². The maximum atomic E-state index is 10.7. The standard InChI is InChI=1S/C49H36N4S/c50-32-40-46(41(33-51)48(36-16-6-2-7-17-36)52-47(40)35-14-4-1-5-15-35)34-22-24-37(25-23-34)49(30-12-3-13-31-49)38-26-28-39(29-27-38)53-42-18-8-10-20-44(42)54-45-21-11-9-19-43(45)53/h1-2,4-11,14-29H,3,12-13,30-31H2. The minimum absolute atomic E-state index is 0.137. The van der Waals surface area contributed by atoms with Gasteiger partial charge in [0.2, 0.25) is 0 Å². The van der Waals surface area contributed by atoms with Crippen LogP contribution in [0.25, 0.3) is 33.6 Å². The number of nitrogens with zero attached hydrogens (tertiary/aromatic N) is 4. The normalized spacial score (nSPS) is 14.3. The van der Waals surface area contributed by atoms with Crippen LogP contribution in [0.1, 0.15) is 54.4 Å². The van der Waals surface area contributed by atoms with E-state index < -0.39 is 0 Å². The molecule has 54 heavy (non-hydrogen) atoms. The number of nitriles is 2. The van der Waals surface area contributed by atoms with Crippen LogP contribution in [0.4, 0.5) is 17.1 Å². The third-order valence-corrected chi connectivity index (χ3v) is 12.2. The zero-order valence-electron chi connectivity index (χ0n) is 29.7. The molecule has 0 spiro atoms. The zero-order chi connectivity index (χ0) is 36.5. The molecule has 1 fully saturated rings. The average molecular weight is 713 g/mol. The first-order valence-electron chi connectivity index (χ1n) is 18.5. The lowest BCUT2D eigenvalue weighted by molar-refractivity contribution is 0.346.